The Balaban J connectivity index is 2.62. The van der Waals surface area contributed by atoms with Gasteiger partial charge in [0.1, 0.15) is 0 Å². The van der Waals surface area contributed by atoms with Crippen molar-refractivity contribution >= 4 is 21.6 Å². The van der Waals surface area contributed by atoms with Crippen LogP contribution >= 0.6 is 15.9 Å². The van der Waals surface area contributed by atoms with Crippen LogP contribution < -0.4 is 0 Å². The highest BCUT2D eigenvalue weighted by Gasteiger charge is 2.18. The summed E-state index contributed by atoms with van der Waals surface area (Å²) >= 11 is 3.32. The summed E-state index contributed by atoms with van der Waals surface area (Å²) in [6.45, 7) is 0. The molecule has 0 spiro atoms. The maximum absolute atomic E-state index is 11.3. The molecule has 0 aliphatic rings. The lowest BCUT2D eigenvalue weighted by Crippen LogP contribution is -1.96. The standard InChI is InChI=1S/C15H11BrN2O2/c16-8-7-11-5-6-14(15(9-11)18(19)20)13-4-2-1-3-12(13)10-17/h1-6,9H,7-8H2. The van der Waals surface area contributed by atoms with Gasteiger partial charge in [-0.1, -0.05) is 40.2 Å². The second kappa shape index (κ2) is 6.31. The molecule has 2 aromatic carbocycles. The molecule has 0 radical (unpaired) electrons. The molecule has 2 rings (SSSR count). The summed E-state index contributed by atoms with van der Waals surface area (Å²) in [6.07, 6.45) is 0.723. The molecule has 0 atom stereocenters. The SMILES string of the molecule is N#Cc1ccccc1-c1ccc(CCBr)cc1[N+](=O)[O-]. The first-order chi connectivity index (χ1) is 9.67. The predicted molar refractivity (Wildman–Crippen MR) is 80.7 cm³/mol. The summed E-state index contributed by atoms with van der Waals surface area (Å²) in [5.74, 6) is 0. The van der Waals surface area contributed by atoms with Crippen molar-refractivity contribution in [3.05, 3.63) is 63.7 Å². The fraction of sp³-hybridized carbons (Fsp3) is 0.133. The third-order valence-electron chi connectivity index (χ3n) is 2.98. The molecule has 0 amide bonds. The second-order valence-corrected chi connectivity index (χ2v) is 5.00. The van der Waals surface area contributed by atoms with Gasteiger partial charge in [0, 0.05) is 17.0 Å². The molecule has 0 heterocycles. The Morgan fingerprint density at radius 2 is 1.95 bits per heavy atom. The van der Waals surface area contributed by atoms with Crippen LogP contribution in [-0.2, 0) is 6.42 Å². The Hall–Kier alpha value is -2.19. The number of rotatable bonds is 4. The zero-order valence-corrected chi connectivity index (χ0v) is 12.1. The van der Waals surface area contributed by atoms with Crippen LogP contribution in [0.25, 0.3) is 11.1 Å². The number of hydrogen-bond acceptors (Lipinski definition) is 3. The Bertz CT molecular complexity index is 693. The van der Waals surface area contributed by atoms with Gasteiger partial charge < -0.3 is 0 Å². The quantitative estimate of drug-likeness (QED) is 0.482. The first-order valence-corrected chi connectivity index (χ1v) is 7.12. The molecule has 0 fully saturated rings. The number of halogens is 1. The first kappa shape index (κ1) is 14.2. The Morgan fingerprint density at radius 3 is 2.60 bits per heavy atom. The molecule has 0 unspecified atom stereocenters. The van der Waals surface area contributed by atoms with Crippen molar-refractivity contribution in [3.63, 3.8) is 0 Å². The van der Waals surface area contributed by atoms with Gasteiger partial charge in [-0.25, -0.2) is 0 Å². The lowest BCUT2D eigenvalue weighted by atomic mass is 9.97. The molecule has 0 saturated heterocycles. The van der Waals surface area contributed by atoms with Crippen molar-refractivity contribution in [1.82, 2.24) is 0 Å². The molecule has 0 aliphatic heterocycles. The van der Waals surface area contributed by atoms with Gasteiger partial charge in [-0.15, -0.1) is 0 Å². The number of nitro groups is 1. The Morgan fingerprint density at radius 1 is 1.20 bits per heavy atom. The molecule has 0 saturated carbocycles. The van der Waals surface area contributed by atoms with Gasteiger partial charge in [-0.3, -0.25) is 10.1 Å². The zero-order chi connectivity index (χ0) is 14.5. The van der Waals surface area contributed by atoms with Crippen LogP contribution in [0.1, 0.15) is 11.1 Å². The highest BCUT2D eigenvalue weighted by Crippen LogP contribution is 2.33. The van der Waals surface area contributed by atoms with Crippen LogP contribution in [0.3, 0.4) is 0 Å². The van der Waals surface area contributed by atoms with Crippen LogP contribution in [0.4, 0.5) is 5.69 Å². The molecule has 20 heavy (non-hydrogen) atoms. The van der Waals surface area contributed by atoms with Crippen LogP contribution in [0.15, 0.2) is 42.5 Å². The minimum atomic E-state index is -0.402. The Kier molecular flexibility index (Phi) is 4.49. The van der Waals surface area contributed by atoms with Crippen LogP contribution in [0.5, 0.6) is 0 Å². The van der Waals surface area contributed by atoms with Crippen molar-refractivity contribution in [2.75, 3.05) is 5.33 Å². The molecule has 0 aromatic heterocycles. The molecule has 2 aromatic rings. The van der Waals surface area contributed by atoms with Crippen LogP contribution in [0, 0.1) is 21.4 Å². The molecule has 100 valence electrons. The van der Waals surface area contributed by atoms with E-state index in [4.69, 9.17) is 5.26 Å². The fourth-order valence-electron chi connectivity index (χ4n) is 2.04. The van der Waals surface area contributed by atoms with Gasteiger partial charge in [0.25, 0.3) is 5.69 Å². The van der Waals surface area contributed by atoms with Gasteiger partial charge in [0.05, 0.1) is 22.1 Å². The summed E-state index contributed by atoms with van der Waals surface area (Å²) in [7, 11) is 0. The number of nitrogens with zero attached hydrogens (tertiary/aromatic N) is 2. The number of aryl methyl sites for hydroxylation is 1. The van der Waals surface area contributed by atoms with E-state index in [0.717, 1.165) is 17.3 Å². The maximum Gasteiger partial charge on any atom is 0.277 e. The smallest absolute Gasteiger partial charge is 0.258 e. The summed E-state index contributed by atoms with van der Waals surface area (Å²) in [5, 5.41) is 21.1. The third kappa shape index (κ3) is 2.86. The van der Waals surface area contributed by atoms with Crippen molar-refractivity contribution in [1.29, 1.82) is 5.26 Å². The van der Waals surface area contributed by atoms with E-state index in [1.807, 2.05) is 6.07 Å². The topological polar surface area (TPSA) is 66.9 Å². The summed E-state index contributed by atoms with van der Waals surface area (Å²) in [5.41, 5.74) is 2.43. The van der Waals surface area contributed by atoms with Crippen LogP contribution in [-0.4, -0.2) is 10.3 Å². The number of hydrogen-bond donors (Lipinski definition) is 0. The van der Waals surface area contributed by atoms with E-state index in [0.29, 0.717) is 16.7 Å². The van der Waals surface area contributed by atoms with Gasteiger partial charge in [-0.05, 0) is 24.1 Å². The Labute approximate surface area is 124 Å². The molecule has 5 heteroatoms. The molecular formula is C15H11BrN2O2. The van der Waals surface area contributed by atoms with Crippen molar-refractivity contribution in [2.45, 2.75) is 6.42 Å². The van der Waals surface area contributed by atoms with Crippen LogP contribution in [0.2, 0.25) is 0 Å². The third-order valence-corrected chi connectivity index (χ3v) is 3.38. The maximum atomic E-state index is 11.3. The summed E-state index contributed by atoms with van der Waals surface area (Å²) in [6, 6.07) is 14.1. The van der Waals surface area contributed by atoms with Gasteiger partial charge in [0.2, 0.25) is 0 Å². The zero-order valence-electron chi connectivity index (χ0n) is 10.5. The average Bonchev–Trinajstić information content (AvgIpc) is 2.47. The van der Waals surface area contributed by atoms with Crippen molar-refractivity contribution < 1.29 is 4.92 Å². The predicted octanol–water partition coefficient (Wildman–Crippen LogP) is 4.07. The van der Waals surface area contributed by atoms with E-state index < -0.39 is 4.92 Å². The monoisotopic (exact) mass is 330 g/mol. The van der Waals surface area contributed by atoms with E-state index in [1.165, 1.54) is 0 Å². The highest BCUT2D eigenvalue weighted by molar-refractivity contribution is 9.09. The van der Waals surface area contributed by atoms with E-state index in [1.54, 1.807) is 36.4 Å². The van der Waals surface area contributed by atoms with Gasteiger partial charge in [-0.2, -0.15) is 5.26 Å². The highest BCUT2D eigenvalue weighted by atomic mass is 79.9. The minimum Gasteiger partial charge on any atom is -0.258 e. The number of nitro benzene ring substituents is 1. The molecule has 0 aliphatic carbocycles. The van der Waals surface area contributed by atoms with E-state index in [-0.39, 0.29) is 5.69 Å². The van der Waals surface area contributed by atoms with Gasteiger partial charge in [0.15, 0.2) is 0 Å². The van der Waals surface area contributed by atoms with Gasteiger partial charge >= 0.3 is 0 Å². The normalized spacial score (nSPS) is 10.0. The molecule has 4 nitrogen and oxygen atoms in total. The summed E-state index contributed by atoms with van der Waals surface area (Å²) in [4.78, 5) is 10.9. The number of alkyl halides is 1. The first-order valence-electron chi connectivity index (χ1n) is 6.00. The number of benzene rings is 2. The van der Waals surface area contributed by atoms with E-state index in [2.05, 4.69) is 22.0 Å². The van der Waals surface area contributed by atoms with E-state index in [9.17, 15) is 10.1 Å². The van der Waals surface area contributed by atoms with Crippen molar-refractivity contribution in [2.24, 2.45) is 0 Å². The molecular weight excluding hydrogens is 320 g/mol. The van der Waals surface area contributed by atoms with Crippen molar-refractivity contribution in [3.8, 4) is 17.2 Å². The van der Waals surface area contributed by atoms with E-state index >= 15 is 0 Å². The average molecular weight is 331 g/mol. The largest absolute Gasteiger partial charge is 0.277 e. The minimum absolute atomic E-state index is 0.0335. The molecule has 0 bridgehead atoms. The summed E-state index contributed by atoms with van der Waals surface area (Å²) < 4.78 is 0. The lowest BCUT2D eigenvalue weighted by molar-refractivity contribution is -0.384. The second-order valence-electron chi connectivity index (χ2n) is 4.20. The lowest BCUT2D eigenvalue weighted by Gasteiger charge is -2.07. The fourth-order valence-corrected chi connectivity index (χ4v) is 2.49. The molecule has 0 N–H and O–H groups in total. The number of nitriles is 1.